The number of hydrogen-bond donors (Lipinski definition) is 3. The van der Waals surface area contributed by atoms with Gasteiger partial charge in [-0.05, 0) is 24.3 Å². The molecule has 0 saturated heterocycles. The molecule has 3 rings (SSSR count). The average Bonchev–Trinajstić information content (AvgIpc) is 2.91. The number of amides is 1. The first kappa shape index (κ1) is 20.8. The molecule has 4 N–H and O–H groups in total. The fourth-order valence-electron chi connectivity index (χ4n) is 2.47. The second-order valence-electron chi connectivity index (χ2n) is 5.73. The van der Waals surface area contributed by atoms with Crippen LogP contribution in [0, 0.1) is 0 Å². The Kier molecular flexibility index (Phi) is 8.18. The predicted molar refractivity (Wildman–Crippen MR) is 116 cm³/mol. The topological polar surface area (TPSA) is 98.0 Å². The van der Waals surface area contributed by atoms with Crippen LogP contribution in [-0.4, -0.2) is 38.2 Å². The number of ether oxygens (including phenoxy) is 2. The van der Waals surface area contributed by atoms with Gasteiger partial charge in [-0.2, -0.15) is 0 Å². The van der Waals surface area contributed by atoms with Gasteiger partial charge in [-0.25, -0.2) is 0 Å². The van der Waals surface area contributed by atoms with E-state index in [4.69, 9.17) is 15.2 Å². The Balaban J connectivity index is 0.00000261. The molecule has 0 aromatic heterocycles. The minimum absolute atomic E-state index is 0. The first-order valence-corrected chi connectivity index (χ1v) is 8.52. The lowest BCUT2D eigenvalue weighted by Gasteiger charge is -2.11. The largest absolute Gasteiger partial charge is 0.490 e. The summed E-state index contributed by atoms with van der Waals surface area (Å²) in [5.74, 6) is 1.56. The number of aliphatic imine (C=N–C) groups is 1. The zero-order valence-electron chi connectivity index (χ0n) is 14.8. The van der Waals surface area contributed by atoms with Gasteiger partial charge in [0.05, 0.1) is 19.8 Å². The number of nitrogens with zero attached hydrogens (tertiary/aromatic N) is 1. The Morgan fingerprint density at radius 1 is 1.07 bits per heavy atom. The summed E-state index contributed by atoms with van der Waals surface area (Å²) in [7, 11) is 0. The molecule has 7 nitrogen and oxygen atoms in total. The van der Waals surface area contributed by atoms with Gasteiger partial charge in [0.25, 0.3) is 5.91 Å². The van der Waals surface area contributed by atoms with Crippen molar-refractivity contribution in [2.24, 2.45) is 10.7 Å². The van der Waals surface area contributed by atoms with Crippen LogP contribution in [0.4, 0.5) is 5.69 Å². The number of rotatable bonds is 5. The normalized spacial score (nSPS) is 13.1. The molecule has 8 heteroatoms. The number of guanidine groups is 1. The fourth-order valence-corrected chi connectivity index (χ4v) is 2.47. The molecular formula is C19H23IN4O3. The van der Waals surface area contributed by atoms with Gasteiger partial charge in [0.2, 0.25) is 0 Å². The van der Waals surface area contributed by atoms with Crippen LogP contribution < -0.4 is 25.8 Å². The number of fused-ring (bicyclic) bond motifs is 1. The zero-order valence-corrected chi connectivity index (χ0v) is 17.1. The number of benzene rings is 2. The molecule has 0 atom stereocenters. The van der Waals surface area contributed by atoms with E-state index in [9.17, 15) is 4.79 Å². The lowest BCUT2D eigenvalue weighted by Crippen LogP contribution is -2.28. The number of nitrogens with two attached hydrogens (primary N) is 1. The highest BCUT2D eigenvalue weighted by Gasteiger charge is 2.10. The Morgan fingerprint density at radius 2 is 1.81 bits per heavy atom. The zero-order chi connectivity index (χ0) is 18.2. The van der Waals surface area contributed by atoms with Crippen LogP contribution in [0.25, 0.3) is 0 Å². The van der Waals surface area contributed by atoms with Gasteiger partial charge in [0.15, 0.2) is 17.5 Å². The SMILES string of the molecule is I.NC(=NCCNC(=O)c1ccccc1)Nc1ccc2c(c1)OCCCO2. The average molecular weight is 482 g/mol. The highest BCUT2D eigenvalue weighted by Crippen LogP contribution is 2.32. The first-order valence-electron chi connectivity index (χ1n) is 8.52. The Hall–Kier alpha value is -2.49. The van der Waals surface area contributed by atoms with Crippen molar-refractivity contribution in [2.75, 3.05) is 31.6 Å². The van der Waals surface area contributed by atoms with E-state index < -0.39 is 0 Å². The summed E-state index contributed by atoms with van der Waals surface area (Å²) in [5.41, 5.74) is 7.28. The summed E-state index contributed by atoms with van der Waals surface area (Å²) >= 11 is 0. The molecule has 0 radical (unpaired) electrons. The molecule has 2 aromatic rings. The van der Waals surface area contributed by atoms with Crippen molar-refractivity contribution in [3.8, 4) is 11.5 Å². The monoisotopic (exact) mass is 482 g/mol. The van der Waals surface area contributed by atoms with Crippen molar-refractivity contribution in [2.45, 2.75) is 6.42 Å². The van der Waals surface area contributed by atoms with E-state index in [0.717, 1.165) is 17.9 Å². The van der Waals surface area contributed by atoms with Crippen molar-refractivity contribution in [3.05, 3.63) is 54.1 Å². The van der Waals surface area contributed by atoms with E-state index in [0.29, 0.717) is 37.6 Å². The van der Waals surface area contributed by atoms with Crippen LogP contribution in [-0.2, 0) is 0 Å². The maximum atomic E-state index is 11.9. The van der Waals surface area contributed by atoms with Crippen LogP contribution in [0.5, 0.6) is 11.5 Å². The third-order valence-electron chi connectivity index (χ3n) is 3.74. The summed E-state index contributed by atoms with van der Waals surface area (Å²) in [6, 6.07) is 14.6. The quantitative estimate of drug-likeness (QED) is 0.264. The fraction of sp³-hybridized carbons (Fsp3) is 0.263. The number of carbonyl (C=O) groups excluding carboxylic acids is 1. The molecule has 1 amide bonds. The second-order valence-corrected chi connectivity index (χ2v) is 5.73. The molecule has 1 heterocycles. The van der Waals surface area contributed by atoms with Gasteiger partial charge in [-0.3, -0.25) is 9.79 Å². The molecule has 0 fully saturated rings. The van der Waals surface area contributed by atoms with E-state index in [1.54, 1.807) is 12.1 Å². The first-order chi connectivity index (χ1) is 12.7. The van der Waals surface area contributed by atoms with Gasteiger partial charge in [0, 0.05) is 30.3 Å². The third-order valence-corrected chi connectivity index (χ3v) is 3.74. The van der Waals surface area contributed by atoms with Crippen molar-refractivity contribution < 1.29 is 14.3 Å². The van der Waals surface area contributed by atoms with Gasteiger partial charge in [0.1, 0.15) is 0 Å². The number of halogens is 1. The van der Waals surface area contributed by atoms with Crippen molar-refractivity contribution in [3.63, 3.8) is 0 Å². The summed E-state index contributed by atoms with van der Waals surface area (Å²) < 4.78 is 11.2. The maximum Gasteiger partial charge on any atom is 0.251 e. The van der Waals surface area contributed by atoms with Crippen molar-refractivity contribution in [1.82, 2.24) is 5.32 Å². The van der Waals surface area contributed by atoms with Crippen LogP contribution in [0.15, 0.2) is 53.5 Å². The molecule has 0 saturated carbocycles. The van der Waals surface area contributed by atoms with E-state index >= 15 is 0 Å². The van der Waals surface area contributed by atoms with E-state index in [-0.39, 0.29) is 35.8 Å². The molecule has 0 unspecified atom stereocenters. The van der Waals surface area contributed by atoms with Crippen LogP contribution in [0.1, 0.15) is 16.8 Å². The highest BCUT2D eigenvalue weighted by atomic mass is 127. The van der Waals surface area contributed by atoms with Crippen LogP contribution in [0.2, 0.25) is 0 Å². The van der Waals surface area contributed by atoms with E-state index in [1.807, 2.05) is 36.4 Å². The molecule has 0 bridgehead atoms. The number of anilines is 1. The Bertz CT molecular complexity index is 784. The number of carbonyl (C=O) groups is 1. The Morgan fingerprint density at radius 3 is 2.59 bits per heavy atom. The molecule has 144 valence electrons. The van der Waals surface area contributed by atoms with Gasteiger partial charge in [-0.1, -0.05) is 18.2 Å². The molecular weight excluding hydrogens is 459 g/mol. The second kappa shape index (κ2) is 10.6. The summed E-state index contributed by atoms with van der Waals surface area (Å²) in [5, 5.41) is 5.81. The van der Waals surface area contributed by atoms with Gasteiger partial charge < -0.3 is 25.8 Å². The minimum atomic E-state index is -0.129. The van der Waals surface area contributed by atoms with Gasteiger partial charge >= 0.3 is 0 Å². The third kappa shape index (κ3) is 6.31. The standard InChI is InChI=1S/C19H22N4O3.HI/c20-19(22-10-9-21-18(24)14-5-2-1-3-6-14)23-15-7-8-16-17(13-15)26-12-4-11-25-16;/h1-3,5-8,13H,4,9-12H2,(H,21,24)(H3,20,22,23);1H. The van der Waals surface area contributed by atoms with Crippen LogP contribution in [0.3, 0.4) is 0 Å². The number of nitrogens with one attached hydrogen (secondary N) is 2. The molecule has 27 heavy (non-hydrogen) atoms. The molecule has 1 aliphatic rings. The highest BCUT2D eigenvalue weighted by molar-refractivity contribution is 14.0. The summed E-state index contributed by atoms with van der Waals surface area (Å²) in [6.45, 7) is 2.05. The van der Waals surface area contributed by atoms with E-state index in [1.165, 1.54) is 0 Å². The summed E-state index contributed by atoms with van der Waals surface area (Å²) in [6.07, 6.45) is 0.857. The van der Waals surface area contributed by atoms with E-state index in [2.05, 4.69) is 15.6 Å². The molecule has 0 spiro atoms. The van der Waals surface area contributed by atoms with Crippen LogP contribution >= 0.6 is 24.0 Å². The predicted octanol–water partition coefficient (Wildman–Crippen LogP) is 2.62. The maximum absolute atomic E-state index is 11.9. The lowest BCUT2D eigenvalue weighted by atomic mass is 10.2. The molecule has 0 aliphatic carbocycles. The smallest absolute Gasteiger partial charge is 0.251 e. The Labute approximate surface area is 175 Å². The summed E-state index contributed by atoms with van der Waals surface area (Å²) in [4.78, 5) is 16.1. The number of hydrogen-bond acceptors (Lipinski definition) is 4. The lowest BCUT2D eigenvalue weighted by molar-refractivity contribution is 0.0955. The molecule has 2 aromatic carbocycles. The minimum Gasteiger partial charge on any atom is -0.490 e. The molecule has 1 aliphatic heterocycles. The van der Waals surface area contributed by atoms with Gasteiger partial charge in [-0.15, -0.1) is 24.0 Å². The van der Waals surface area contributed by atoms with Crippen molar-refractivity contribution in [1.29, 1.82) is 0 Å². The van der Waals surface area contributed by atoms with Crippen molar-refractivity contribution >= 4 is 41.5 Å².